The highest BCUT2D eigenvalue weighted by molar-refractivity contribution is 6.35. The summed E-state index contributed by atoms with van der Waals surface area (Å²) in [6.07, 6.45) is 2.94. The molecule has 2 heterocycles. The summed E-state index contributed by atoms with van der Waals surface area (Å²) < 4.78 is 16.1. The molecule has 1 aliphatic rings. The van der Waals surface area contributed by atoms with Crippen LogP contribution in [-0.2, 0) is 16.1 Å². The fourth-order valence-electron chi connectivity index (χ4n) is 1.74. The highest BCUT2D eigenvalue weighted by Crippen LogP contribution is 2.28. The number of methoxy groups -OCH3 is 1. The molecule has 0 aromatic carbocycles. The summed E-state index contributed by atoms with van der Waals surface area (Å²) in [5, 5.41) is 0.790. The number of halogens is 2. The van der Waals surface area contributed by atoms with E-state index in [2.05, 4.69) is 4.98 Å². The Morgan fingerprint density at radius 1 is 1.44 bits per heavy atom. The molecule has 1 atom stereocenters. The van der Waals surface area contributed by atoms with Gasteiger partial charge in [-0.1, -0.05) is 23.2 Å². The normalized spacial score (nSPS) is 19.8. The third-order valence-electron chi connectivity index (χ3n) is 2.76. The Morgan fingerprint density at radius 2 is 2.28 bits per heavy atom. The average Bonchev–Trinajstić information content (AvgIpc) is 2.38. The summed E-state index contributed by atoms with van der Waals surface area (Å²) in [5.74, 6) is 0.391. The van der Waals surface area contributed by atoms with Crippen LogP contribution < -0.4 is 4.74 Å². The summed E-state index contributed by atoms with van der Waals surface area (Å²) >= 11 is 12.1. The second-order valence-electron chi connectivity index (χ2n) is 4.02. The van der Waals surface area contributed by atoms with Gasteiger partial charge in [-0.15, -0.1) is 0 Å². The standard InChI is InChI=1S/C12H15Cl2NO3/c1-16-10-6-9(13)8(12(14)15-10)7-18-11-4-2-3-5-17-11/h6,11H,2-5,7H2,1H3. The molecule has 0 spiro atoms. The molecule has 1 unspecified atom stereocenters. The molecule has 1 saturated heterocycles. The van der Waals surface area contributed by atoms with Crippen molar-refractivity contribution in [2.45, 2.75) is 32.2 Å². The van der Waals surface area contributed by atoms with E-state index in [0.717, 1.165) is 25.9 Å². The van der Waals surface area contributed by atoms with Gasteiger partial charge in [0, 0.05) is 18.2 Å². The monoisotopic (exact) mass is 291 g/mol. The minimum Gasteiger partial charge on any atom is -0.481 e. The van der Waals surface area contributed by atoms with Crippen molar-refractivity contribution in [2.75, 3.05) is 13.7 Å². The smallest absolute Gasteiger partial charge is 0.215 e. The number of aromatic nitrogens is 1. The summed E-state index contributed by atoms with van der Waals surface area (Å²) in [5.41, 5.74) is 0.660. The van der Waals surface area contributed by atoms with Crippen LogP contribution in [0.2, 0.25) is 10.2 Å². The van der Waals surface area contributed by atoms with E-state index in [1.54, 1.807) is 6.07 Å². The predicted octanol–water partition coefficient (Wildman–Crippen LogP) is 3.44. The molecule has 0 bridgehead atoms. The number of ether oxygens (including phenoxy) is 3. The molecule has 18 heavy (non-hydrogen) atoms. The Balaban J connectivity index is 2.00. The van der Waals surface area contributed by atoms with E-state index in [1.807, 2.05) is 0 Å². The van der Waals surface area contributed by atoms with Crippen molar-refractivity contribution in [3.05, 3.63) is 21.8 Å². The summed E-state index contributed by atoms with van der Waals surface area (Å²) in [6.45, 7) is 1.03. The van der Waals surface area contributed by atoms with Crippen LogP contribution in [0.5, 0.6) is 5.88 Å². The number of nitrogens with zero attached hydrogens (tertiary/aromatic N) is 1. The van der Waals surface area contributed by atoms with Crippen LogP contribution in [0.15, 0.2) is 6.07 Å². The SMILES string of the molecule is COc1cc(Cl)c(COC2CCCCO2)c(Cl)n1. The fourth-order valence-corrected chi connectivity index (χ4v) is 2.27. The maximum absolute atomic E-state index is 6.11. The lowest BCUT2D eigenvalue weighted by molar-refractivity contribution is -0.168. The van der Waals surface area contributed by atoms with Crippen LogP contribution in [0, 0.1) is 0 Å². The van der Waals surface area contributed by atoms with Gasteiger partial charge in [0.2, 0.25) is 5.88 Å². The number of hydrogen-bond donors (Lipinski definition) is 0. The highest BCUT2D eigenvalue weighted by atomic mass is 35.5. The average molecular weight is 292 g/mol. The van der Waals surface area contributed by atoms with E-state index in [9.17, 15) is 0 Å². The quantitative estimate of drug-likeness (QED) is 0.797. The molecule has 1 fully saturated rings. The van der Waals surface area contributed by atoms with E-state index in [1.165, 1.54) is 7.11 Å². The number of rotatable bonds is 4. The van der Waals surface area contributed by atoms with Gasteiger partial charge >= 0.3 is 0 Å². The fraction of sp³-hybridized carbons (Fsp3) is 0.583. The van der Waals surface area contributed by atoms with Gasteiger partial charge in [0.25, 0.3) is 0 Å². The molecule has 0 saturated carbocycles. The van der Waals surface area contributed by atoms with Gasteiger partial charge in [0.05, 0.1) is 18.7 Å². The molecule has 0 aliphatic carbocycles. The minimum atomic E-state index is -0.173. The maximum Gasteiger partial charge on any atom is 0.215 e. The number of pyridine rings is 1. The van der Waals surface area contributed by atoms with Crippen LogP contribution in [0.4, 0.5) is 0 Å². The molecule has 1 aromatic heterocycles. The Morgan fingerprint density at radius 3 is 2.89 bits per heavy atom. The predicted molar refractivity (Wildman–Crippen MR) is 69.2 cm³/mol. The third kappa shape index (κ3) is 3.48. The Labute approximate surface area is 116 Å². The second-order valence-corrected chi connectivity index (χ2v) is 4.79. The van der Waals surface area contributed by atoms with Crippen molar-refractivity contribution >= 4 is 23.2 Å². The number of hydrogen-bond acceptors (Lipinski definition) is 4. The summed E-state index contributed by atoms with van der Waals surface area (Å²) in [4.78, 5) is 4.05. The second kappa shape index (κ2) is 6.57. The molecular formula is C12H15Cl2NO3. The molecule has 0 N–H and O–H groups in total. The van der Waals surface area contributed by atoms with Gasteiger partial charge < -0.3 is 14.2 Å². The van der Waals surface area contributed by atoms with Crippen LogP contribution >= 0.6 is 23.2 Å². The van der Waals surface area contributed by atoms with E-state index >= 15 is 0 Å². The third-order valence-corrected chi connectivity index (χ3v) is 3.41. The molecule has 2 rings (SSSR count). The van der Waals surface area contributed by atoms with Crippen LogP contribution in [0.25, 0.3) is 0 Å². The van der Waals surface area contributed by atoms with Crippen molar-refractivity contribution in [3.8, 4) is 5.88 Å². The van der Waals surface area contributed by atoms with Gasteiger partial charge in [-0.3, -0.25) is 0 Å². The van der Waals surface area contributed by atoms with E-state index in [0.29, 0.717) is 28.2 Å². The Bertz CT molecular complexity index is 385. The maximum atomic E-state index is 6.11. The molecule has 0 amide bonds. The van der Waals surface area contributed by atoms with Gasteiger partial charge in [-0.2, -0.15) is 0 Å². The molecule has 1 aliphatic heterocycles. The van der Waals surface area contributed by atoms with Gasteiger partial charge in [-0.05, 0) is 19.3 Å². The van der Waals surface area contributed by atoms with Crippen LogP contribution in [-0.4, -0.2) is 25.0 Å². The van der Waals surface area contributed by atoms with Crippen molar-refractivity contribution in [3.63, 3.8) is 0 Å². The first-order valence-corrected chi connectivity index (χ1v) is 6.58. The molecule has 1 aromatic rings. The molecule has 4 nitrogen and oxygen atoms in total. The van der Waals surface area contributed by atoms with E-state index < -0.39 is 0 Å². The van der Waals surface area contributed by atoms with Crippen LogP contribution in [0.1, 0.15) is 24.8 Å². The van der Waals surface area contributed by atoms with Crippen LogP contribution in [0.3, 0.4) is 0 Å². The van der Waals surface area contributed by atoms with Crippen molar-refractivity contribution < 1.29 is 14.2 Å². The lowest BCUT2D eigenvalue weighted by Gasteiger charge is -2.23. The first-order chi connectivity index (χ1) is 8.70. The van der Waals surface area contributed by atoms with Crippen molar-refractivity contribution in [2.24, 2.45) is 0 Å². The lowest BCUT2D eigenvalue weighted by Crippen LogP contribution is -2.22. The van der Waals surface area contributed by atoms with Crippen molar-refractivity contribution in [1.82, 2.24) is 4.98 Å². The summed E-state index contributed by atoms with van der Waals surface area (Å²) in [6, 6.07) is 1.62. The van der Waals surface area contributed by atoms with E-state index in [4.69, 9.17) is 37.4 Å². The zero-order valence-electron chi connectivity index (χ0n) is 10.1. The topological polar surface area (TPSA) is 40.6 Å². The highest BCUT2D eigenvalue weighted by Gasteiger charge is 2.17. The minimum absolute atomic E-state index is 0.173. The van der Waals surface area contributed by atoms with Gasteiger partial charge in [0.15, 0.2) is 6.29 Å². The van der Waals surface area contributed by atoms with E-state index in [-0.39, 0.29) is 6.29 Å². The Kier molecular flexibility index (Phi) is 5.06. The van der Waals surface area contributed by atoms with Gasteiger partial charge in [-0.25, -0.2) is 4.98 Å². The van der Waals surface area contributed by atoms with Gasteiger partial charge in [0.1, 0.15) is 5.15 Å². The molecular weight excluding hydrogens is 277 g/mol. The van der Waals surface area contributed by atoms with Crippen molar-refractivity contribution in [1.29, 1.82) is 0 Å². The zero-order chi connectivity index (χ0) is 13.0. The largest absolute Gasteiger partial charge is 0.481 e. The molecule has 0 radical (unpaired) electrons. The summed E-state index contributed by atoms with van der Waals surface area (Å²) in [7, 11) is 1.51. The molecule has 6 heteroatoms. The lowest BCUT2D eigenvalue weighted by atomic mass is 10.2. The molecule has 100 valence electrons. The first-order valence-electron chi connectivity index (χ1n) is 5.83. The first kappa shape index (κ1) is 13.9. The zero-order valence-corrected chi connectivity index (χ0v) is 11.6. The Hall–Kier alpha value is -0.550.